The molecular formula is C16H24N2O2. The second kappa shape index (κ2) is 9.15. The van der Waals surface area contributed by atoms with Crippen LogP contribution in [0.2, 0.25) is 0 Å². The number of carbonyl (C=O) groups excluding carboxylic acids is 1. The summed E-state index contributed by atoms with van der Waals surface area (Å²) < 4.78 is 5.42. The first-order valence-corrected chi connectivity index (χ1v) is 6.97. The summed E-state index contributed by atoms with van der Waals surface area (Å²) in [5.74, 6) is 0.529. The number of hydrogen-bond acceptors (Lipinski definition) is 3. The number of benzene rings is 1. The molecule has 0 bridgehead atoms. The van der Waals surface area contributed by atoms with Crippen LogP contribution in [0.3, 0.4) is 0 Å². The van der Waals surface area contributed by atoms with Gasteiger partial charge >= 0.3 is 0 Å². The lowest BCUT2D eigenvalue weighted by Crippen LogP contribution is -2.25. The van der Waals surface area contributed by atoms with Gasteiger partial charge in [0.2, 0.25) is 5.91 Å². The molecule has 1 aromatic carbocycles. The number of anilines is 1. The van der Waals surface area contributed by atoms with E-state index in [1.807, 2.05) is 12.1 Å². The van der Waals surface area contributed by atoms with Gasteiger partial charge in [0.1, 0.15) is 0 Å². The van der Waals surface area contributed by atoms with E-state index < -0.39 is 0 Å². The molecule has 110 valence electrons. The lowest BCUT2D eigenvalue weighted by molar-refractivity contribution is -0.116. The van der Waals surface area contributed by atoms with Crippen LogP contribution in [-0.2, 0) is 9.53 Å². The molecule has 20 heavy (non-hydrogen) atoms. The summed E-state index contributed by atoms with van der Waals surface area (Å²) in [6.45, 7) is 6.15. The quantitative estimate of drug-likeness (QED) is 0.435. The van der Waals surface area contributed by atoms with Gasteiger partial charge in [-0.25, -0.2) is 0 Å². The number of hydrogen-bond donors (Lipinski definition) is 2. The van der Waals surface area contributed by atoms with Crippen LogP contribution in [0, 0.1) is 5.92 Å². The fourth-order valence-electron chi connectivity index (χ4n) is 1.51. The molecular weight excluding hydrogens is 252 g/mol. The van der Waals surface area contributed by atoms with Crippen molar-refractivity contribution in [3.8, 4) is 0 Å². The lowest BCUT2D eigenvalue weighted by atomic mass is 10.1. The maximum absolute atomic E-state index is 11.5. The van der Waals surface area contributed by atoms with Gasteiger partial charge in [-0.1, -0.05) is 26.0 Å². The SMILES string of the molecule is CC(C)CCOCCNC(=O)/C=C/c1ccc(N)cc1. The number of amides is 1. The van der Waals surface area contributed by atoms with Crippen molar-refractivity contribution >= 4 is 17.7 Å². The molecule has 0 aromatic heterocycles. The topological polar surface area (TPSA) is 64.3 Å². The lowest BCUT2D eigenvalue weighted by Gasteiger charge is -2.06. The predicted molar refractivity (Wildman–Crippen MR) is 83.2 cm³/mol. The summed E-state index contributed by atoms with van der Waals surface area (Å²) >= 11 is 0. The number of nitrogens with two attached hydrogens (primary N) is 1. The van der Waals surface area contributed by atoms with E-state index in [2.05, 4.69) is 19.2 Å². The van der Waals surface area contributed by atoms with Crippen LogP contribution < -0.4 is 11.1 Å². The molecule has 4 heteroatoms. The largest absolute Gasteiger partial charge is 0.399 e. The second-order valence-corrected chi connectivity index (χ2v) is 5.09. The highest BCUT2D eigenvalue weighted by Crippen LogP contribution is 2.06. The van der Waals surface area contributed by atoms with Gasteiger partial charge in [0.05, 0.1) is 6.61 Å². The number of rotatable bonds is 8. The van der Waals surface area contributed by atoms with Gasteiger partial charge < -0.3 is 15.8 Å². The smallest absolute Gasteiger partial charge is 0.244 e. The molecule has 0 saturated heterocycles. The number of carbonyl (C=O) groups is 1. The molecule has 0 fully saturated rings. The van der Waals surface area contributed by atoms with Crippen molar-refractivity contribution in [3.63, 3.8) is 0 Å². The molecule has 0 saturated carbocycles. The normalized spacial score (nSPS) is 11.2. The minimum Gasteiger partial charge on any atom is -0.399 e. The zero-order valence-electron chi connectivity index (χ0n) is 12.3. The second-order valence-electron chi connectivity index (χ2n) is 5.09. The zero-order valence-corrected chi connectivity index (χ0v) is 12.3. The van der Waals surface area contributed by atoms with E-state index in [9.17, 15) is 4.79 Å². The maximum atomic E-state index is 11.5. The van der Waals surface area contributed by atoms with E-state index in [0.29, 0.717) is 24.8 Å². The Morgan fingerprint density at radius 1 is 1.30 bits per heavy atom. The summed E-state index contributed by atoms with van der Waals surface area (Å²) in [6.07, 6.45) is 4.32. The molecule has 0 unspecified atom stereocenters. The average molecular weight is 276 g/mol. The van der Waals surface area contributed by atoms with Gasteiger partial charge in [0.15, 0.2) is 0 Å². The number of nitrogen functional groups attached to an aromatic ring is 1. The van der Waals surface area contributed by atoms with Crippen molar-refractivity contribution < 1.29 is 9.53 Å². The number of nitrogens with one attached hydrogen (secondary N) is 1. The van der Waals surface area contributed by atoms with Crippen molar-refractivity contribution in [2.45, 2.75) is 20.3 Å². The summed E-state index contributed by atoms with van der Waals surface area (Å²) in [4.78, 5) is 11.5. The van der Waals surface area contributed by atoms with E-state index >= 15 is 0 Å². The Hall–Kier alpha value is -1.81. The maximum Gasteiger partial charge on any atom is 0.244 e. The summed E-state index contributed by atoms with van der Waals surface area (Å²) in [5.41, 5.74) is 7.25. The molecule has 0 spiro atoms. The van der Waals surface area contributed by atoms with Crippen molar-refractivity contribution in [2.75, 3.05) is 25.5 Å². The molecule has 0 aliphatic heterocycles. The summed E-state index contributed by atoms with van der Waals surface area (Å²) in [6, 6.07) is 7.35. The van der Waals surface area contributed by atoms with Crippen LogP contribution in [0.4, 0.5) is 5.69 Å². The third-order valence-corrected chi connectivity index (χ3v) is 2.75. The Morgan fingerprint density at radius 3 is 2.65 bits per heavy atom. The van der Waals surface area contributed by atoms with E-state index in [-0.39, 0.29) is 5.91 Å². The van der Waals surface area contributed by atoms with Gasteiger partial charge in [-0.05, 0) is 36.1 Å². The molecule has 1 amide bonds. The van der Waals surface area contributed by atoms with Crippen molar-refractivity contribution in [2.24, 2.45) is 5.92 Å². The van der Waals surface area contributed by atoms with Gasteiger partial charge in [0.25, 0.3) is 0 Å². The van der Waals surface area contributed by atoms with Crippen LogP contribution in [0.15, 0.2) is 30.3 Å². The Balaban J connectivity index is 2.15. The van der Waals surface area contributed by atoms with Crippen LogP contribution in [-0.4, -0.2) is 25.7 Å². The van der Waals surface area contributed by atoms with Gasteiger partial charge in [-0.2, -0.15) is 0 Å². The van der Waals surface area contributed by atoms with E-state index in [1.165, 1.54) is 6.08 Å². The van der Waals surface area contributed by atoms with Gasteiger partial charge in [-0.15, -0.1) is 0 Å². The Morgan fingerprint density at radius 2 is 2.00 bits per heavy atom. The van der Waals surface area contributed by atoms with Crippen molar-refractivity contribution in [1.29, 1.82) is 0 Å². The minimum absolute atomic E-state index is 0.116. The fraction of sp³-hybridized carbons (Fsp3) is 0.438. The van der Waals surface area contributed by atoms with Gasteiger partial charge in [0, 0.05) is 24.9 Å². The fourth-order valence-corrected chi connectivity index (χ4v) is 1.51. The van der Waals surface area contributed by atoms with Crippen LogP contribution in [0.1, 0.15) is 25.8 Å². The molecule has 4 nitrogen and oxygen atoms in total. The highest BCUT2D eigenvalue weighted by atomic mass is 16.5. The van der Waals surface area contributed by atoms with E-state index in [4.69, 9.17) is 10.5 Å². The van der Waals surface area contributed by atoms with Crippen LogP contribution >= 0.6 is 0 Å². The first-order valence-electron chi connectivity index (χ1n) is 6.97. The predicted octanol–water partition coefficient (Wildman–Crippen LogP) is 2.46. The van der Waals surface area contributed by atoms with E-state index in [0.717, 1.165) is 18.6 Å². The first kappa shape index (κ1) is 16.2. The highest BCUT2D eigenvalue weighted by molar-refractivity contribution is 5.91. The molecule has 1 rings (SSSR count). The Kier molecular flexibility index (Phi) is 7.43. The summed E-state index contributed by atoms with van der Waals surface area (Å²) in [7, 11) is 0. The molecule has 1 aromatic rings. The van der Waals surface area contributed by atoms with Crippen molar-refractivity contribution in [1.82, 2.24) is 5.32 Å². The Labute approximate surface area is 121 Å². The molecule has 3 N–H and O–H groups in total. The molecule has 0 heterocycles. The summed E-state index contributed by atoms with van der Waals surface area (Å²) in [5, 5.41) is 2.78. The van der Waals surface area contributed by atoms with Crippen LogP contribution in [0.5, 0.6) is 0 Å². The molecule has 0 atom stereocenters. The highest BCUT2D eigenvalue weighted by Gasteiger charge is 1.96. The van der Waals surface area contributed by atoms with E-state index in [1.54, 1.807) is 18.2 Å². The minimum atomic E-state index is -0.116. The van der Waals surface area contributed by atoms with Gasteiger partial charge in [-0.3, -0.25) is 4.79 Å². The van der Waals surface area contributed by atoms with Crippen LogP contribution in [0.25, 0.3) is 6.08 Å². The average Bonchev–Trinajstić information content (AvgIpc) is 2.41. The molecule has 0 aliphatic carbocycles. The zero-order chi connectivity index (χ0) is 14.8. The molecule has 0 aliphatic rings. The third kappa shape index (κ3) is 7.59. The number of ether oxygens (including phenoxy) is 1. The monoisotopic (exact) mass is 276 g/mol. The molecule has 0 radical (unpaired) electrons. The van der Waals surface area contributed by atoms with Crippen molar-refractivity contribution in [3.05, 3.63) is 35.9 Å². The third-order valence-electron chi connectivity index (χ3n) is 2.75. The first-order chi connectivity index (χ1) is 9.58. The standard InChI is InChI=1S/C16H24N2O2/c1-13(2)9-11-20-12-10-18-16(19)8-5-14-3-6-15(17)7-4-14/h3-8,13H,9-12,17H2,1-2H3,(H,18,19)/b8-5+. The Bertz CT molecular complexity index is 425.